The lowest BCUT2D eigenvalue weighted by atomic mass is 10.1. The molecule has 82 valence electrons. The Morgan fingerprint density at radius 1 is 1.64 bits per heavy atom. The molecule has 0 aromatic carbocycles. The molecule has 0 aliphatic carbocycles. The minimum Gasteiger partial charge on any atom is -0.368 e. The lowest BCUT2D eigenvalue weighted by molar-refractivity contribution is -0.145. The van der Waals surface area contributed by atoms with Gasteiger partial charge in [0.2, 0.25) is 0 Å². The molecule has 1 heterocycles. The smallest absolute Gasteiger partial charge is 0.251 e. The summed E-state index contributed by atoms with van der Waals surface area (Å²) in [5.41, 5.74) is 0. The molecule has 1 saturated heterocycles. The number of carbonyl (C=O) groups excluding carboxylic acids is 1. The Morgan fingerprint density at radius 3 is 2.86 bits per heavy atom. The van der Waals surface area contributed by atoms with Crippen molar-refractivity contribution in [3.05, 3.63) is 0 Å². The second-order valence-electron chi connectivity index (χ2n) is 3.85. The molecule has 1 aliphatic rings. The van der Waals surface area contributed by atoms with Gasteiger partial charge in [-0.05, 0) is 26.2 Å². The normalized spacial score (nSPS) is 24.4. The van der Waals surface area contributed by atoms with E-state index >= 15 is 0 Å². The third kappa shape index (κ3) is 3.46. The maximum Gasteiger partial charge on any atom is 0.251 e. The molecule has 0 radical (unpaired) electrons. The third-order valence-electron chi connectivity index (χ3n) is 2.36. The summed E-state index contributed by atoms with van der Waals surface area (Å²) >= 11 is 5.82. The van der Waals surface area contributed by atoms with Crippen LogP contribution in [0.15, 0.2) is 0 Å². The fraction of sp³-hybridized carbons (Fsp3) is 0.900. The van der Waals surface area contributed by atoms with E-state index in [1.54, 1.807) is 11.9 Å². The topological polar surface area (TPSA) is 29.5 Å². The first-order chi connectivity index (χ1) is 6.61. The molecule has 0 aromatic rings. The van der Waals surface area contributed by atoms with Crippen molar-refractivity contribution in [1.82, 2.24) is 4.90 Å². The first kappa shape index (κ1) is 11.8. The van der Waals surface area contributed by atoms with Crippen molar-refractivity contribution in [2.75, 3.05) is 20.2 Å². The monoisotopic (exact) mass is 219 g/mol. The first-order valence-electron chi connectivity index (χ1n) is 5.12. The van der Waals surface area contributed by atoms with Crippen LogP contribution < -0.4 is 0 Å². The zero-order valence-electron chi connectivity index (χ0n) is 8.83. The summed E-state index contributed by atoms with van der Waals surface area (Å²) in [4.78, 5) is 13.4. The number of nitrogens with zero attached hydrogens (tertiary/aromatic N) is 1. The van der Waals surface area contributed by atoms with Crippen LogP contribution in [0, 0.1) is 0 Å². The van der Waals surface area contributed by atoms with Crippen molar-refractivity contribution >= 4 is 17.5 Å². The van der Waals surface area contributed by atoms with Crippen molar-refractivity contribution in [1.29, 1.82) is 0 Å². The fourth-order valence-electron chi connectivity index (χ4n) is 1.65. The summed E-state index contributed by atoms with van der Waals surface area (Å²) in [6, 6.07) is 0. The van der Waals surface area contributed by atoms with Crippen LogP contribution in [-0.4, -0.2) is 42.5 Å². The van der Waals surface area contributed by atoms with E-state index in [2.05, 4.69) is 0 Å². The molecule has 1 aliphatic heterocycles. The summed E-state index contributed by atoms with van der Waals surface area (Å²) in [6.07, 6.45) is 2.77. The molecule has 2 atom stereocenters. The van der Waals surface area contributed by atoms with Crippen LogP contribution in [0.25, 0.3) is 0 Å². The van der Waals surface area contributed by atoms with Gasteiger partial charge in [-0.1, -0.05) is 0 Å². The van der Waals surface area contributed by atoms with E-state index < -0.39 is 0 Å². The summed E-state index contributed by atoms with van der Waals surface area (Å²) in [5, 5.41) is -0.00691. The van der Waals surface area contributed by atoms with Gasteiger partial charge < -0.3 is 9.64 Å². The Labute approximate surface area is 90.4 Å². The molecule has 0 bridgehead atoms. The van der Waals surface area contributed by atoms with Gasteiger partial charge in [0.25, 0.3) is 5.91 Å². The number of alkyl halides is 1. The van der Waals surface area contributed by atoms with Crippen LogP contribution in [0.1, 0.15) is 26.2 Å². The van der Waals surface area contributed by atoms with Crippen molar-refractivity contribution in [3.63, 3.8) is 0 Å². The molecule has 3 nitrogen and oxygen atoms in total. The van der Waals surface area contributed by atoms with Gasteiger partial charge in [0.05, 0.1) is 0 Å². The van der Waals surface area contributed by atoms with E-state index in [9.17, 15) is 4.79 Å². The maximum absolute atomic E-state index is 11.8. The van der Waals surface area contributed by atoms with Gasteiger partial charge in [0, 0.05) is 25.6 Å². The Kier molecular flexibility index (Phi) is 4.69. The predicted molar refractivity (Wildman–Crippen MR) is 56.5 cm³/mol. The molecule has 1 rings (SSSR count). The Balaban J connectivity index is 2.38. The molecule has 0 aromatic heterocycles. The number of hydrogen-bond donors (Lipinski definition) is 0. The molecular weight excluding hydrogens is 202 g/mol. The van der Waals surface area contributed by atoms with E-state index in [1.165, 1.54) is 0 Å². The van der Waals surface area contributed by atoms with Gasteiger partial charge in [-0.3, -0.25) is 4.79 Å². The van der Waals surface area contributed by atoms with Gasteiger partial charge in [-0.25, -0.2) is 0 Å². The van der Waals surface area contributed by atoms with Gasteiger partial charge in [0.15, 0.2) is 0 Å². The van der Waals surface area contributed by atoms with Crippen LogP contribution in [0.4, 0.5) is 0 Å². The molecule has 1 fully saturated rings. The predicted octanol–water partition coefficient (Wildman–Crippen LogP) is 1.64. The molecule has 4 heteroatoms. The molecule has 2 unspecified atom stereocenters. The molecule has 0 N–H and O–H groups in total. The number of halogens is 1. The quantitative estimate of drug-likeness (QED) is 0.676. The maximum atomic E-state index is 11.8. The largest absolute Gasteiger partial charge is 0.368 e. The molecule has 0 spiro atoms. The summed E-state index contributed by atoms with van der Waals surface area (Å²) < 4.78 is 5.41. The Morgan fingerprint density at radius 2 is 2.36 bits per heavy atom. The highest BCUT2D eigenvalue weighted by atomic mass is 35.5. The van der Waals surface area contributed by atoms with Crippen molar-refractivity contribution in [3.8, 4) is 0 Å². The summed E-state index contributed by atoms with van der Waals surface area (Å²) in [5.74, 6) is 0.0669. The number of ether oxygens (including phenoxy) is 1. The van der Waals surface area contributed by atoms with Gasteiger partial charge in [0.1, 0.15) is 6.10 Å². The lowest BCUT2D eigenvalue weighted by Crippen LogP contribution is -2.41. The van der Waals surface area contributed by atoms with Gasteiger partial charge in [-0.2, -0.15) is 0 Å². The van der Waals surface area contributed by atoms with Gasteiger partial charge in [-0.15, -0.1) is 11.6 Å². The van der Waals surface area contributed by atoms with Crippen LogP contribution in [0.5, 0.6) is 0 Å². The average Bonchev–Trinajstić information content (AvgIpc) is 2.17. The van der Waals surface area contributed by atoms with Gasteiger partial charge >= 0.3 is 0 Å². The Hall–Kier alpha value is -0.280. The molecule has 0 saturated carbocycles. The second kappa shape index (κ2) is 5.56. The zero-order chi connectivity index (χ0) is 10.6. The second-order valence-corrected chi connectivity index (χ2v) is 4.60. The first-order valence-corrected chi connectivity index (χ1v) is 5.55. The van der Waals surface area contributed by atoms with E-state index in [1.807, 2.05) is 6.92 Å². The zero-order valence-corrected chi connectivity index (χ0v) is 9.59. The Bertz CT molecular complexity index is 191. The van der Waals surface area contributed by atoms with E-state index in [0.717, 1.165) is 19.3 Å². The van der Waals surface area contributed by atoms with Crippen LogP contribution in [-0.2, 0) is 9.53 Å². The molecule has 1 amide bonds. The van der Waals surface area contributed by atoms with E-state index in [-0.39, 0.29) is 17.4 Å². The third-order valence-corrected chi connectivity index (χ3v) is 2.49. The van der Waals surface area contributed by atoms with Crippen LogP contribution in [0.2, 0.25) is 0 Å². The summed E-state index contributed by atoms with van der Waals surface area (Å²) in [6.45, 7) is 3.17. The number of likely N-dealkylation sites (N-methyl/N-ethyl adjacent to an activating group) is 1. The fourth-order valence-corrected chi connectivity index (χ4v) is 1.86. The highest BCUT2D eigenvalue weighted by molar-refractivity contribution is 6.20. The number of rotatable bonds is 3. The standard InChI is InChI=1S/C10H18ClNO2/c1-8(11)7-12(2)10(13)9-5-3-4-6-14-9/h8-9H,3-7H2,1-2H3. The van der Waals surface area contributed by atoms with E-state index in [4.69, 9.17) is 16.3 Å². The van der Waals surface area contributed by atoms with Crippen LogP contribution in [0.3, 0.4) is 0 Å². The van der Waals surface area contributed by atoms with E-state index in [0.29, 0.717) is 13.2 Å². The highest BCUT2D eigenvalue weighted by Gasteiger charge is 2.25. The van der Waals surface area contributed by atoms with Crippen LogP contribution >= 0.6 is 11.6 Å². The number of amides is 1. The molecular formula is C10H18ClNO2. The number of hydrogen-bond acceptors (Lipinski definition) is 2. The van der Waals surface area contributed by atoms with Crippen molar-refractivity contribution in [2.45, 2.75) is 37.7 Å². The van der Waals surface area contributed by atoms with Crippen molar-refractivity contribution in [2.24, 2.45) is 0 Å². The minimum atomic E-state index is -0.232. The highest BCUT2D eigenvalue weighted by Crippen LogP contribution is 2.14. The molecule has 14 heavy (non-hydrogen) atoms. The average molecular weight is 220 g/mol. The minimum absolute atomic E-state index is 0.00691. The number of carbonyl (C=O) groups is 1. The lowest BCUT2D eigenvalue weighted by Gasteiger charge is -2.27. The van der Waals surface area contributed by atoms with Crippen molar-refractivity contribution < 1.29 is 9.53 Å². The SMILES string of the molecule is CC(Cl)CN(C)C(=O)C1CCCCO1. The summed E-state index contributed by atoms with van der Waals surface area (Å²) in [7, 11) is 1.78.